The zero-order valence-electron chi connectivity index (χ0n) is 14.3. The Morgan fingerprint density at radius 3 is 2.71 bits per heavy atom. The molecule has 1 N–H and O–H groups in total. The molecule has 2 aliphatic rings. The Morgan fingerprint density at radius 1 is 1.29 bits per heavy atom. The van der Waals surface area contributed by atoms with Crippen molar-refractivity contribution < 1.29 is 18.8 Å². The Kier molecular flexibility index (Phi) is 5.50. The molecule has 1 saturated heterocycles. The highest BCUT2D eigenvalue weighted by molar-refractivity contribution is 5.93. The lowest BCUT2D eigenvalue weighted by atomic mass is 9.91. The fourth-order valence-corrected chi connectivity index (χ4v) is 3.00. The summed E-state index contributed by atoms with van der Waals surface area (Å²) >= 11 is 0. The zero-order chi connectivity index (χ0) is 16.9. The molecule has 0 radical (unpaired) electrons. The molecule has 7 nitrogen and oxygen atoms in total. The summed E-state index contributed by atoms with van der Waals surface area (Å²) in [5.74, 6) is 1.44. The molecular weight excluding hydrogens is 310 g/mol. The van der Waals surface area contributed by atoms with Gasteiger partial charge in [0.2, 0.25) is 5.89 Å². The molecular formula is C17H25N3O4. The molecule has 3 rings (SSSR count). The summed E-state index contributed by atoms with van der Waals surface area (Å²) in [5.41, 5.74) is 0.668. The van der Waals surface area contributed by atoms with E-state index >= 15 is 0 Å². The van der Waals surface area contributed by atoms with Gasteiger partial charge in [0.05, 0.1) is 18.4 Å². The molecule has 1 amide bonds. The van der Waals surface area contributed by atoms with Crippen LogP contribution in [0.3, 0.4) is 0 Å². The molecule has 7 heteroatoms. The van der Waals surface area contributed by atoms with Crippen molar-refractivity contribution in [3.05, 3.63) is 23.6 Å². The van der Waals surface area contributed by atoms with E-state index < -0.39 is 0 Å². The number of ether oxygens (including phenoxy) is 2. The molecule has 1 aromatic rings. The van der Waals surface area contributed by atoms with E-state index in [2.05, 4.69) is 15.5 Å². The molecule has 2 aliphatic heterocycles. The van der Waals surface area contributed by atoms with Crippen molar-refractivity contribution in [2.45, 2.75) is 51.5 Å². The van der Waals surface area contributed by atoms with Gasteiger partial charge in [0, 0.05) is 19.1 Å². The Balaban J connectivity index is 1.78. The number of carbonyl (C=O) groups excluding carboxylic acids is 1. The van der Waals surface area contributed by atoms with Crippen LogP contribution in [0.15, 0.2) is 16.4 Å². The topological polar surface area (TPSA) is 86.5 Å². The minimum atomic E-state index is -0.288. The Bertz CT molecular complexity index is 590. The van der Waals surface area contributed by atoms with Gasteiger partial charge in [0.1, 0.15) is 6.04 Å². The standard InChI is InChI=1S/C17H25N3O4/c1-11(2)15-19-17(24-20-15)14(12-5-8-22-9-6-12)18-16(21)13-4-3-7-23-10-13/h10-12,14H,3-9H2,1-2H3,(H,18,21)/t14-/m0/s1. The molecule has 24 heavy (non-hydrogen) atoms. The maximum Gasteiger partial charge on any atom is 0.250 e. The van der Waals surface area contributed by atoms with Gasteiger partial charge in [-0.05, 0) is 31.6 Å². The van der Waals surface area contributed by atoms with Gasteiger partial charge in [-0.1, -0.05) is 19.0 Å². The summed E-state index contributed by atoms with van der Waals surface area (Å²) in [6.45, 7) is 6.07. The van der Waals surface area contributed by atoms with Crippen LogP contribution in [0.4, 0.5) is 0 Å². The number of nitrogens with zero attached hydrogens (tertiary/aromatic N) is 2. The van der Waals surface area contributed by atoms with Crippen LogP contribution in [-0.4, -0.2) is 35.9 Å². The minimum Gasteiger partial charge on any atom is -0.501 e. The molecule has 0 spiro atoms. The average Bonchev–Trinajstić information content (AvgIpc) is 3.11. The van der Waals surface area contributed by atoms with Crippen molar-refractivity contribution >= 4 is 5.91 Å². The van der Waals surface area contributed by atoms with Crippen LogP contribution in [0.5, 0.6) is 0 Å². The fourth-order valence-electron chi connectivity index (χ4n) is 3.00. The first kappa shape index (κ1) is 17.0. The normalized spacial score (nSPS) is 20.4. The lowest BCUT2D eigenvalue weighted by Crippen LogP contribution is -2.37. The summed E-state index contributed by atoms with van der Waals surface area (Å²) < 4.78 is 16.2. The first-order chi connectivity index (χ1) is 11.6. The van der Waals surface area contributed by atoms with Gasteiger partial charge in [0.25, 0.3) is 5.91 Å². The van der Waals surface area contributed by atoms with Gasteiger partial charge in [0.15, 0.2) is 5.82 Å². The van der Waals surface area contributed by atoms with Crippen LogP contribution in [0.1, 0.15) is 63.2 Å². The Labute approximate surface area is 141 Å². The van der Waals surface area contributed by atoms with Gasteiger partial charge in [-0.15, -0.1) is 0 Å². The van der Waals surface area contributed by atoms with E-state index in [9.17, 15) is 4.79 Å². The monoisotopic (exact) mass is 335 g/mol. The van der Waals surface area contributed by atoms with E-state index in [0.29, 0.717) is 37.1 Å². The van der Waals surface area contributed by atoms with Crippen LogP contribution in [0.2, 0.25) is 0 Å². The third kappa shape index (κ3) is 3.95. The lowest BCUT2D eigenvalue weighted by molar-refractivity contribution is -0.119. The first-order valence-corrected chi connectivity index (χ1v) is 8.68. The van der Waals surface area contributed by atoms with Crippen molar-refractivity contribution in [1.29, 1.82) is 0 Å². The van der Waals surface area contributed by atoms with Gasteiger partial charge in [-0.25, -0.2) is 0 Å². The number of aromatic nitrogens is 2. The van der Waals surface area contributed by atoms with E-state index in [4.69, 9.17) is 14.0 Å². The lowest BCUT2D eigenvalue weighted by Gasteiger charge is -2.29. The Morgan fingerprint density at radius 2 is 2.08 bits per heavy atom. The molecule has 0 saturated carbocycles. The second-order valence-electron chi connectivity index (χ2n) is 6.66. The van der Waals surface area contributed by atoms with Crippen LogP contribution in [-0.2, 0) is 14.3 Å². The summed E-state index contributed by atoms with van der Waals surface area (Å²) in [7, 11) is 0. The zero-order valence-corrected chi connectivity index (χ0v) is 14.3. The third-order valence-corrected chi connectivity index (χ3v) is 4.49. The van der Waals surface area contributed by atoms with Gasteiger partial charge in [-0.3, -0.25) is 4.79 Å². The van der Waals surface area contributed by atoms with E-state index in [0.717, 1.165) is 25.7 Å². The van der Waals surface area contributed by atoms with Crippen molar-refractivity contribution in [1.82, 2.24) is 15.5 Å². The molecule has 1 aromatic heterocycles. The predicted octanol–water partition coefficient (Wildman–Crippen LogP) is 2.47. The highest BCUT2D eigenvalue weighted by Crippen LogP contribution is 2.30. The van der Waals surface area contributed by atoms with Crippen LogP contribution in [0.25, 0.3) is 0 Å². The maximum absolute atomic E-state index is 12.6. The van der Waals surface area contributed by atoms with E-state index in [1.807, 2.05) is 13.8 Å². The molecule has 132 valence electrons. The van der Waals surface area contributed by atoms with Crippen molar-refractivity contribution in [2.75, 3.05) is 19.8 Å². The van der Waals surface area contributed by atoms with Gasteiger partial charge >= 0.3 is 0 Å². The molecule has 3 heterocycles. The van der Waals surface area contributed by atoms with E-state index in [1.54, 1.807) is 6.26 Å². The number of amides is 1. The van der Waals surface area contributed by atoms with Gasteiger partial charge < -0.3 is 19.3 Å². The van der Waals surface area contributed by atoms with Crippen molar-refractivity contribution in [2.24, 2.45) is 5.92 Å². The largest absolute Gasteiger partial charge is 0.501 e. The van der Waals surface area contributed by atoms with Crippen molar-refractivity contribution in [3.63, 3.8) is 0 Å². The summed E-state index contributed by atoms with van der Waals surface area (Å²) in [4.78, 5) is 17.1. The first-order valence-electron chi connectivity index (χ1n) is 8.68. The van der Waals surface area contributed by atoms with Gasteiger partial charge in [-0.2, -0.15) is 4.98 Å². The second kappa shape index (κ2) is 7.79. The number of hydrogen-bond donors (Lipinski definition) is 1. The van der Waals surface area contributed by atoms with Crippen LogP contribution in [0, 0.1) is 5.92 Å². The number of nitrogens with one attached hydrogen (secondary N) is 1. The van der Waals surface area contributed by atoms with E-state index in [1.165, 1.54) is 0 Å². The van der Waals surface area contributed by atoms with Crippen LogP contribution >= 0.6 is 0 Å². The maximum atomic E-state index is 12.6. The summed E-state index contributed by atoms with van der Waals surface area (Å²) in [6, 6.07) is -0.288. The second-order valence-corrected chi connectivity index (χ2v) is 6.66. The molecule has 0 aromatic carbocycles. The SMILES string of the molecule is CC(C)c1noc([C@@H](NC(=O)C2=COCCC2)C2CCOCC2)n1. The molecule has 0 unspecified atom stereocenters. The predicted molar refractivity (Wildman–Crippen MR) is 86.1 cm³/mol. The van der Waals surface area contributed by atoms with Crippen molar-refractivity contribution in [3.8, 4) is 0 Å². The number of rotatable bonds is 5. The summed E-state index contributed by atoms with van der Waals surface area (Å²) in [6.07, 6.45) is 4.87. The van der Waals surface area contributed by atoms with E-state index in [-0.39, 0.29) is 23.8 Å². The third-order valence-electron chi connectivity index (χ3n) is 4.49. The average molecular weight is 335 g/mol. The number of hydrogen-bond acceptors (Lipinski definition) is 6. The molecule has 1 fully saturated rings. The summed E-state index contributed by atoms with van der Waals surface area (Å²) in [5, 5.41) is 7.13. The minimum absolute atomic E-state index is 0.115. The Hall–Kier alpha value is -1.89. The highest BCUT2D eigenvalue weighted by atomic mass is 16.5. The molecule has 1 atom stereocenters. The fraction of sp³-hybridized carbons (Fsp3) is 0.706. The molecule has 0 aliphatic carbocycles. The quantitative estimate of drug-likeness (QED) is 0.889. The van der Waals surface area contributed by atoms with Crippen LogP contribution < -0.4 is 5.32 Å². The smallest absolute Gasteiger partial charge is 0.250 e. The highest BCUT2D eigenvalue weighted by Gasteiger charge is 2.32. The number of carbonyl (C=O) groups is 1. The molecule has 0 bridgehead atoms.